The van der Waals surface area contributed by atoms with Crippen molar-refractivity contribution in [3.63, 3.8) is 0 Å². The van der Waals surface area contributed by atoms with Crippen molar-refractivity contribution >= 4 is 31.8 Å². The zero-order chi connectivity index (χ0) is 28.4. The second-order valence-corrected chi connectivity index (χ2v) is 14.7. The highest BCUT2D eigenvalue weighted by molar-refractivity contribution is 7.92. The smallest absolute Gasteiger partial charge is 0.324 e. The highest BCUT2D eigenvalue weighted by Crippen LogP contribution is 2.28. The van der Waals surface area contributed by atoms with Crippen LogP contribution in [0.25, 0.3) is 0 Å². The number of amides is 1. The van der Waals surface area contributed by atoms with Gasteiger partial charge < -0.3 is 14.3 Å². The molecule has 0 saturated carbocycles. The molecule has 0 radical (unpaired) electrons. The minimum atomic E-state index is -3.87. The standard InChI is InChI=1S/C26H39N5O6S2/c1-5-21(6-2)38(33,34)22-9-11-23(12-10-22)39(35,36)31-13-7-8-20(18-31)25(32)29-14-16-30(17-15-29)26-27-24(19(3)4)28-37-26/h9-12,19-21H,5-8,13-18H2,1-4H3/t20-/m1/s1. The maximum atomic E-state index is 13.4. The van der Waals surface area contributed by atoms with Crippen LogP contribution in [0.5, 0.6) is 0 Å². The Morgan fingerprint density at radius 2 is 1.59 bits per heavy atom. The third-order valence-electron chi connectivity index (χ3n) is 7.68. The van der Waals surface area contributed by atoms with E-state index in [9.17, 15) is 21.6 Å². The van der Waals surface area contributed by atoms with Gasteiger partial charge in [-0.3, -0.25) is 4.79 Å². The molecule has 2 aromatic rings. The van der Waals surface area contributed by atoms with Gasteiger partial charge >= 0.3 is 6.01 Å². The van der Waals surface area contributed by atoms with Gasteiger partial charge in [-0.05, 0) is 49.9 Å². The summed E-state index contributed by atoms with van der Waals surface area (Å²) in [5, 5.41) is 3.51. The lowest BCUT2D eigenvalue weighted by atomic mass is 9.98. The largest absolute Gasteiger partial charge is 0.339 e. The molecule has 3 heterocycles. The number of rotatable bonds is 9. The molecule has 0 bridgehead atoms. The molecule has 1 aromatic heterocycles. The summed E-state index contributed by atoms with van der Waals surface area (Å²) >= 11 is 0. The predicted molar refractivity (Wildman–Crippen MR) is 147 cm³/mol. The Morgan fingerprint density at radius 1 is 0.974 bits per heavy atom. The summed E-state index contributed by atoms with van der Waals surface area (Å²) in [6.07, 6.45) is 2.19. The fourth-order valence-electron chi connectivity index (χ4n) is 5.20. The lowest BCUT2D eigenvalue weighted by Gasteiger charge is -2.38. The minimum absolute atomic E-state index is 0.0352. The van der Waals surface area contributed by atoms with Gasteiger partial charge in [0.1, 0.15) is 0 Å². The van der Waals surface area contributed by atoms with Gasteiger partial charge in [0.05, 0.1) is 21.0 Å². The number of hydrogen-bond acceptors (Lipinski definition) is 9. The van der Waals surface area contributed by atoms with Crippen molar-refractivity contribution in [1.82, 2.24) is 19.3 Å². The summed E-state index contributed by atoms with van der Waals surface area (Å²) in [6.45, 7) is 10.2. The Labute approximate surface area is 231 Å². The van der Waals surface area contributed by atoms with E-state index in [0.717, 1.165) is 0 Å². The number of anilines is 1. The normalized spacial score (nSPS) is 19.7. The molecule has 2 aliphatic rings. The molecule has 11 nitrogen and oxygen atoms in total. The number of piperidine rings is 1. The number of piperazine rings is 1. The molecule has 4 rings (SSSR count). The first-order chi connectivity index (χ1) is 18.5. The highest BCUT2D eigenvalue weighted by atomic mass is 32.2. The van der Waals surface area contributed by atoms with Crippen molar-refractivity contribution < 1.29 is 26.2 Å². The van der Waals surface area contributed by atoms with Crippen molar-refractivity contribution in [2.75, 3.05) is 44.2 Å². The fourth-order valence-corrected chi connectivity index (χ4v) is 8.50. The van der Waals surface area contributed by atoms with Gasteiger partial charge in [-0.25, -0.2) is 16.8 Å². The van der Waals surface area contributed by atoms with Crippen LogP contribution >= 0.6 is 0 Å². The van der Waals surface area contributed by atoms with E-state index in [2.05, 4.69) is 10.1 Å². The van der Waals surface area contributed by atoms with Gasteiger partial charge in [-0.1, -0.05) is 32.9 Å². The SMILES string of the molecule is CCC(CC)S(=O)(=O)c1ccc(S(=O)(=O)N2CCC[C@@H](C(=O)N3CCN(c4nc(C(C)C)no4)CC3)C2)cc1. The number of hydrogen-bond donors (Lipinski definition) is 0. The van der Waals surface area contributed by atoms with Crippen LogP contribution in [-0.4, -0.2) is 86.6 Å². The number of carbonyl (C=O) groups excluding carboxylic acids is 1. The van der Waals surface area contributed by atoms with Gasteiger partial charge in [0.15, 0.2) is 15.7 Å². The lowest BCUT2D eigenvalue weighted by Crippen LogP contribution is -2.53. The van der Waals surface area contributed by atoms with Crippen molar-refractivity contribution in [3.8, 4) is 0 Å². The second kappa shape index (κ2) is 11.9. The molecule has 13 heteroatoms. The zero-order valence-corrected chi connectivity index (χ0v) is 24.7. The molecule has 216 valence electrons. The lowest BCUT2D eigenvalue weighted by molar-refractivity contribution is -0.137. The van der Waals surface area contributed by atoms with E-state index in [1.807, 2.05) is 32.6 Å². The van der Waals surface area contributed by atoms with Crippen LogP contribution in [0.2, 0.25) is 0 Å². The fraction of sp³-hybridized carbons (Fsp3) is 0.654. The van der Waals surface area contributed by atoms with Crippen LogP contribution in [0.4, 0.5) is 6.01 Å². The molecule has 1 aromatic carbocycles. The summed E-state index contributed by atoms with van der Waals surface area (Å²) in [4.78, 5) is 21.7. The van der Waals surface area contributed by atoms with Crippen molar-refractivity contribution in [3.05, 3.63) is 30.1 Å². The number of sulfone groups is 1. The van der Waals surface area contributed by atoms with E-state index in [0.29, 0.717) is 70.2 Å². The Hall–Kier alpha value is -2.51. The third kappa shape index (κ3) is 6.14. The average molecular weight is 582 g/mol. The van der Waals surface area contributed by atoms with Crippen molar-refractivity contribution in [2.24, 2.45) is 5.92 Å². The summed E-state index contributed by atoms with van der Waals surface area (Å²) in [5.41, 5.74) is 0. The number of aromatic nitrogens is 2. The first-order valence-electron chi connectivity index (χ1n) is 13.7. The molecule has 2 saturated heterocycles. The third-order valence-corrected chi connectivity index (χ3v) is 12.0. The number of benzene rings is 1. The van der Waals surface area contributed by atoms with E-state index < -0.39 is 31.0 Å². The summed E-state index contributed by atoms with van der Waals surface area (Å²) in [6, 6.07) is 5.93. The van der Waals surface area contributed by atoms with Crippen LogP contribution in [0, 0.1) is 5.92 Å². The highest BCUT2D eigenvalue weighted by Gasteiger charge is 2.36. The molecule has 2 fully saturated rings. The molecule has 0 aliphatic carbocycles. The van der Waals surface area contributed by atoms with E-state index in [-0.39, 0.29) is 28.2 Å². The number of sulfonamides is 1. The van der Waals surface area contributed by atoms with Gasteiger partial charge in [-0.2, -0.15) is 9.29 Å². The second-order valence-electron chi connectivity index (χ2n) is 10.6. The molecule has 0 spiro atoms. The molecule has 1 atom stereocenters. The van der Waals surface area contributed by atoms with Crippen LogP contribution in [0.3, 0.4) is 0 Å². The molecule has 0 N–H and O–H groups in total. The first kappa shape index (κ1) is 29.5. The quantitative estimate of drug-likeness (QED) is 0.438. The molecular weight excluding hydrogens is 542 g/mol. The van der Waals surface area contributed by atoms with Crippen LogP contribution in [-0.2, 0) is 24.7 Å². The maximum absolute atomic E-state index is 13.4. The topological polar surface area (TPSA) is 134 Å². The van der Waals surface area contributed by atoms with Crippen LogP contribution < -0.4 is 4.90 Å². The van der Waals surface area contributed by atoms with E-state index in [4.69, 9.17) is 4.52 Å². The predicted octanol–water partition coefficient (Wildman–Crippen LogP) is 2.90. The first-order valence-corrected chi connectivity index (χ1v) is 16.7. The zero-order valence-electron chi connectivity index (χ0n) is 23.1. The van der Waals surface area contributed by atoms with Gasteiger partial charge in [-0.15, -0.1) is 0 Å². The summed E-state index contributed by atoms with van der Waals surface area (Å²) < 4.78 is 59.2. The Morgan fingerprint density at radius 3 is 2.15 bits per heavy atom. The molecule has 39 heavy (non-hydrogen) atoms. The van der Waals surface area contributed by atoms with Crippen molar-refractivity contribution in [2.45, 2.75) is 74.3 Å². The van der Waals surface area contributed by atoms with Crippen LogP contribution in [0.15, 0.2) is 38.6 Å². The van der Waals surface area contributed by atoms with Gasteiger partial charge in [0, 0.05) is 45.2 Å². The minimum Gasteiger partial charge on any atom is -0.339 e. The Bertz CT molecular complexity index is 1350. The average Bonchev–Trinajstić information content (AvgIpc) is 3.44. The Kier molecular flexibility index (Phi) is 9.01. The maximum Gasteiger partial charge on any atom is 0.324 e. The molecule has 2 aliphatic heterocycles. The summed E-state index contributed by atoms with van der Waals surface area (Å²) in [5.74, 6) is 0.339. The van der Waals surface area contributed by atoms with E-state index in [1.54, 1.807) is 4.90 Å². The van der Waals surface area contributed by atoms with Crippen molar-refractivity contribution in [1.29, 1.82) is 0 Å². The Balaban J connectivity index is 1.39. The number of nitrogens with zero attached hydrogens (tertiary/aromatic N) is 5. The van der Waals surface area contributed by atoms with Gasteiger partial charge in [0.25, 0.3) is 0 Å². The summed E-state index contributed by atoms with van der Waals surface area (Å²) in [7, 11) is -7.39. The van der Waals surface area contributed by atoms with E-state index >= 15 is 0 Å². The van der Waals surface area contributed by atoms with Crippen LogP contribution in [0.1, 0.15) is 65.1 Å². The monoisotopic (exact) mass is 581 g/mol. The number of carbonyl (C=O) groups is 1. The molecule has 1 amide bonds. The molecular formula is C26H39N5O6S2. The molecule has 0 unspecified atom stereocenters. The van der Waals surface area contributed by atoms with Gasteiger partial charge in [0.2, 0.25) is 15.9 Å². The van der Waals surface area contributed by atoms with E-state index in [1.165, 1.54) is 28.6 Å².